The van der Waals surface area contributed by atoms with Gasteiger partial charge in [-0.2, -0.15) is 0 Å². The van der Waals surface area contributed by atoms with Crippen molar-refractivity contribution >= 4 is 0 Å². The molecule has 1 aromatic rings. The van der Waals surface area contributed by atoms with Crippen LogP contribution in [0.15, 0.2) is 18.2 Å². The van der Waals surface area contributed by atoms with Gasteiger partial charge in [0.1, 0.15) is 12.4 Å². The monoisotopic (exact) mass is 349 g/mol. The maximum Gasteiger partial charge on any atom is 0.123 e. The molecule has 0 radical (unpaired) electrons. The van der Waals surface area contributed by atoms with Gasteiger partial charge in [-0.1, -0.05) is 38.5 Å². The number of aryl methyl sites for hydroxylation is 1. The van der Waals surface area contributed by atoms with E-state index in [4.69, 9.17) is 14.2 Å². The molecule has 2 rings (SSSR count). The molecule has 1 aromatic carbocycles. The van der Waals surface area contributed by atoms with Gasteiger partial charge in [-0.05, 0) is 37.8 Å². The van der Waals surface area contributed by atoms with Gasteiger partial charge in [0.25, 0.3) is 0 Å². The summed E-state index contributed by atoms with van der Waals surface area (Å²) >= 11 is 0. The molecule has 1 saturated heterocycles. The number of benzene rings is 1. The Morgan fingerprint density at radius 3 is 2.40 bits per heavy atom. The summed E-state index contributed by atoms with van der Waals surface area (Å²) in [6.45, 7) is 17.9. The Hall–Kier alpha value is -1.10. The molecule has 1 fully saturated rings. The van der Waals surface area contributed by atoms with Crippen LogP contribution in [0.5, 0.6) is 5.75 Å². The highest BCUT2D eigenvalue weighted by Gasteiger charge is 2.21. The smallest absolute Gasteiger partial charge is 0.123 e. The summed E-state index contributed by atoms with van der Waals surface area (Å²) < 4.78 is 17.5. The van der Waals surface area contributed by atoms with Crippen LogP contribution in [0.1, 0.15) is 45.7 Å². The molecule has 0 unspecified atom stereocenters. The van der Waals surface area contributed by atoms with Crippen LogP contribution in [0.25, 0.3) is 0 Å². The SMILES string of the molecule is Cc1ccc(OCCOCCN2C[C@@H](C)O[C@@H](C)C2)c(C(C)(C)C)c1. The fraction of sp³-hybridized carbons (Fsp3) is 0.714. The molecule has 0 aromatic heterocycles. The molecule has 142 valence electrons. The number of ether oxygens (including phenoxy) is 3. The van der Waals surface area contributed by atoms with Crippen molar-refractivity contribution in [3.05, 3.63) is 29.3 Å². The molecule has 0 saturated carbocycles. The van der Waals surface area contributed by atoms with E-state index in [-0.39, 0.29) is 5.41 Å². The second kappa shape index (κ2) is 9.02. The second-order valence-corrected chi connectivity index (χ2v) is 8.23. The molecule has 0 spiro atoms. The fourth-order valence-electron chi connectivity index (χ4n) is 3.33. The van der Waals surface area contributed by atoms with E-state index in [1.165, 1.54) is 11.1 Å². The molecule has 2 atom stereocenters. The van der Waals surface area contributed by atoms with Crippen molar-refractivity contribution in [3.63, 3.8) is 0 Å². The van der Waals surface area contributed by atoms with Gasteiger partial charge in [-0.15, -0.1) is 0 Å². The lowest BCUT2D eigenvalue weighted by atomic mass is 9.85. The van der Waals surface area contributed by atoms with Crippen molar-refractivity contribution in [2.75, 3.05) is 39.5 Å². The van der Waals surface area contributed by atoms with Gasteiger partial charge < -0.3 is 14.2 Å². The zero-order valence-electron chi connectivity index (χ0n) is 16.8. The number of nitrogens with zero attached hydrogens (tertiary/aromatic N) is 1. The van der Waals surface area contributed by atoms with Crippen LogP contribution in [0.4, 0.5) is 0 Å². The van der Waals surface area contributed by atoms with Gasteiger partial charge in [0, 0.05) is 19.6 Å². The molecule has 0 aliphatic carbocycles. The molecule has 1 aliphatic rings. The first-order chi connectivity index (χ1) is 11.8. The summed E-state index contributed by atoms with van der Waals surface area (Å²) in [5.74, 6) is 0.970. The van der Waals surface area contributed by atoms with Crippen LogP contribution in [0.2, 0.25) is 0 Å². The number of rotatable bonds is 7. The molecule has 0 N–H and O–H groups in total. The zero-order chi connectivity index (χ0) is 18.4. The Morgan fingerprint density at radius 2 is 1.76 bits per heavy atom. The number of hydrogen-bond donors (Lipinski definition) is 0. The van der Waals surface area contributed by atoms with Crippen LogP contribution in [-0.4, -0.2) is 56.6 Å². The molecule has 1 heterocycles. The van der Waals surface area contributed by atoms with Crippen LogP contribution in [0.3, 0.4) is 0 Å². The van der Waals surface area contributed by atoms with Crippen molar-refractivity contribution in [1.82, 2.24) is 4.90 Å². The fourth-order valence-corrected chi connectivity index (χ4v) is 3.33. The molecular formula is C21H35NO3. The van der Waals surface area contributed by atoms with Crippen molar-refractivity contribution < 1.29 is 14.2 Å². The quantitative estimate of drug-likeness (QED) is 0.701. The zero-order valence-corrected chi connectivity index (χ0v) is 16.8. The lowest BCUT2D eigenvalue weighted by Crippen LogP contribution is -2.46. The van der Waals surface area contributed by atoms with Crippen molar-refractivity contribution in [2.45, 2.75) is 59.2 Å². The third kappa shape index (κ3) is 6.61. The summed E-state index contributed by atoms with van der Waals surface area (Å²) in [6, 6.07) is 6.40. The van der Waals surface area contributed by atoms with Crippen LogP contribution < -0.4 is 4.74 Å². The Labute approximate surface area is 153 Å². The Bertz CT molecular complexity index is 528. The molecule has 0 bridgehead atoms. The first-order valence-electron chi connectivity index (χ1n) is 9.45. The van der Waals surface area contributed by atoms with Crippen LogP contribution in [-0.2, 0) is 14.9 Å². The first-order valence-corrected chi connectivity index (χ1v) is 9.45. The summed E-state index contributed by atoms with van der Waals surface area (Å²) in [5, 5.41) is 0. The average molecular weight is 350 g/mol. The molecule has 0 amide bonds. The summed E-state index contributed by atoms with van der Waals surface area (Å²) in [7, 11) is 0. The Kier molecular flexibility index (Phi) is 7.29. The number of morpholine rings is 1. The van der Waals surface area contributed by atoms with E-state index in [9.17, 15) is 0 Å². The van der Waals surface area contributed by atoms with E-state index in [0.29, 0.717) is 25.4 Å². The van der Waals surface area contributed by atoms with E-state index >= 15 is 0 Å². The van der Waals surface area contributed by atoms with Crippen molar-refractivity contribution in [3.8, 4) is 5.75 Å². The lowest BCUT2D eigenvalue weighted by molar-refractivity contribution is -0.0734. The topological polar surface area (TPSA) is 30.9 Å². The van der Waals surface area contributed by atoms with Gasteiger partial charge >= 0.3 is 0 Å². The van der Waals surface area contributed by atoms with Gasteiger partial charge in [-0.25, -0.2) is 0 Å². The predicted octanol–water partition coefficient (Wildman–Crippen LogP) is 3.80. The third-order valence-corrected chi connectivity index (χ3v) is 4.48. The molecule has 1 aliphatic heterocycles. The molecule has 4 nitrogen and oxygen atoms in total. The molecule has 25 heavy (non-hydrogen) atoms. The normalized spacial score (nSPS) is 22.2. The minimum absolute atomic E-state index is 0.0753. The molecular weight excluding hydrogens is 314 g/mol. The minimum Gasteiger partial charge on any atom is -0.491 e. The number of hydrogen-bond acceptors (Lipinski definition) is 4. The van der Waals surface area contributed by atoms with Crippen molar-refractivity contribution in [1.29, 1.82) is 0 Å². The first kappa shape index (κ1) is 20.2. The van der Waals surface area contributed by atoms with Crippen LogP contribution in [0, 0.1) is 6.92 Å². The maximum absolute atomic E-state index is 5.99. The highest BCUT2D eigenvalue weighted by atomic mass is 16.5. The summed E-state index contributed by atoms with van der Waals surface area (Å²) in [5.41, 5.74) is 2.60. The van der Waals surface area contributed by atoms with Gasteiger partial charge in [0.15, 0.2) is 0 Å². The highest BCUT2D eigenvalue weighted by Crippen LogP contribution is 2.32. The highest BCUT2D eigenvalue weighted by molar-refractivity contribution is 5.41. The Morgan fingerprint density at radius 1 is 1.08 bits per heavy atom. The Balaban J connectivity index is 1.70. The largest absolute Gasteiger partial charge is 0.491 e. The van der Waals surface area contributed by atoms with E-state index < -0.39 is 0 Å². The van der Waals surface area contributed by atoms with Gasteiger partial charge in [0.05, 0.1) is 25.4 Å². The van der Waals surface area contributed by atoms with E-state index in [1.807, 2.05) is 0 Å². The lowest BCUT2D eigenvalue weighted by Gasteiger charge is -2.35. The standard InChI is InChI=1S/C21H35NO3/c1-16-7-8-20(19(13-16)21(4,5)6)24-12-11-23-10-9-22-14-17(2)25-18(3)15-22/h7-8,13,17-18H,9-12,14-15H2,1-6H3/t17-,18+. The van der Waals surface area contributed by atoms with Gasteiger partial charge in [-0.3, -0.25) is 4.90 Å². The third-order valence-electron chi connectivity index (χ3n) is 4.48. The summed E-state index contributed by atoms with van der Waals surface area (Å²) in [6.07, 6.45) is 0.619. The van der Waals surface area contributed by atoms with E-state index in [2.05, 4.69) is 64.6 Å². The predicted molar refractivity (Wildman–Crippen MR) is 103 cm³/mol. The second-order valence-electron chi connectivity index (χ2n) is 8.23. The average Bonchev–Trinajstić information content (AvgIpc) is 2.50. The van der Waals surface area contributed by atoms with E-state index in [1.54, 1.807) is 0 Å². The van der Waals surface area contributed by atoms with E-state index in [0.717, 1.165) is 32.0 Å². The van der Waals surface area contributed by atoms with Crippen molar-refractivity contribution in [2.24, 2.45) is 0 Å². The molecule has 4 heteroatoms. The summed E-state index contributed by atoms with van der Waals surface area (Å²) in [4.78, 5) is 2.41. The van der Waals surface area contributed by atoms with Crippen LogP contribution >= 0.6 is 0 Å². The van der Waals surface area contributed by atoms with Gasteiger partial charge in [0.2, 0.25) is 0 Å². The minimum atomic E-state index is 0.0753. The maximum atomic E-state index is 5.99.